The van der Waals surface area contributed by atoms with Gasteiger partial charge in [0.2, 0.25) is 17.7 Å². The molecular formula is C40H41N7O4. The molecular weight excluding hydrogens is 642 g/mol. The molecule has 3 amide bonds. The van der Waals surface area contributed by atoms with Crippen LogP contribution in [0.5, 0.6) is 0 Å². The van der Waals surface area contributed by atoms with Crippen LogP contribution in [-0.2, 0) is 27.2 Å². The van der Waals surface area contributed by atoms with Gasteiger partial charge in [-0.3, -0.25) is 14.4 Å². The Balaban J connectivity index is 0.956. The van der Waals surface area contributed by atoms with E-state index in [1.165, 1.54) is 0 Å². The molecule has 0 saturated carbocycles. The quantitative estimate of drug-likeness (QED) is 0.139. The predicted molar refractivity (Wildman–Crippen MR) is 195 cm³/mol. The number of H-pyrrole nitrogens is 1. The van der Waals surface area contributed by atoms with E-state index in [1.54, 1.807) is 9.80 Å². The van der Waals surface area contributed by atoms with E-state index in [2.05, 4.69) is 26.0 Å². The fraction of sp³-hybridized carbons (Fsp3) is 0.275. The standard InChI is InChI=1S/C40H41N7O4/c48-35(25-27-9-3-1-4-10-27)46-23-7-13-33(46)39(50)41-31-19-15-29(16-20-31)37-38(44-45-43-37)30-17-21-32(22-18-30)42-40(51)34-14-8-24-47(34)36(49)26-28-11-5-2-6-12-28/h1-6,9-12,15-22,33-34,39,41,50H,7-8,13-14,23-26H2,(H,42,51)(H,43,44,45)/t33?,34-,39?/m0/s1. The summed E-state index contributed by atoms with van der Waals surface area (Å²) in [6.07, 6.45) is 2.68. The van der Waals surface area contributed by atoms with Crippen molar-refractivity contribution in [2.24, 2.45) is 0 Å². The van der Waals surface area contributed by atoms with E-state index >= 15 is 0 Å². The van der Waals surface area contributed by atoms with Crippen molar-refractivity contribution in [2.75, 3.05) is 23.7 Å². The predicted octanol–water partition coefficient (Wildman–Crippen LogP) is 5.27. The van der Waals surface area contributed by atoms with Crippen LogP contribution >= 0.6 is 0 Å². The maximum atomic E-state index is 13.2. The molecule has 51 heavy (non-hydrogen) atoms. The molecule has 3 heterocycles. The second-order valence-corrected chi connectivity index (χ2v) is 13.1. The van der Waals surface area contributed by atoms with Crippen molar-refractivity contribution in [3.63, 3.8) is 0 Å². The maximum Gasteiger partial charge on any atom is 0.247 e. The molecule has 11 heteroatoms. The van der Waals surface area contributed by atoms with Gasteiger partial charge in [-0.25, -0.2) is 0 Å². The fourth-order valence-electron chi connectivity index (χ4n) is 7.07. The van der Waals surface area contributed by atoms with Crippen LogP contribution in [0.3, 0.4) is 0 Å². The number of benzene rings is 4. The van der Waals surface area contributed by atoms with Crippen LogP contribution in [0.15, 0.2) is 109 Å². The highest BCUT2D eigenvalue weighted by atomic mass is 16.3. The molecule has 4 N–H and O–H groups in total. The van der Waals surface area contributed by atoms with E-state index in [0.29, 0.717) is 43.0 Å². The van der Waals surface area contributed by atoms with E-state index in [-0.39, 0.29) is 30.2 Å². The number of aliphatic hydroxyl groups is 1. The number of anilines is 2. The summed E-state index contributed by atoms with van der Waals surface area (Å²) in [6.45, 7) is 1.20. The van der Waals surface area contributed by atoms with Crippen molar-refractivity contribution >= 4 is 29.1 Å². The lowest BCUT2D eigenvalue weighted by Crippen LogP contribution is -2.46. The van der Waals surface area contributed by atoms with Gasteiger partial charge in [-0.2, -0.15) is 15.4 Å². The van der Waals surface area contributed by atoms with E-state index in [9.17, 15) is 19.5 Å². The summed E-state index contributed by atoms with van der Waals surface area (Å²) in [5.74, 6) is -0.221. The molecule has 0 spiro atoms. The summed E-state index contributed by atoms with van der Waals surface area (Å²) in [5, 5.41) is 28.8. The Morgan fingerprint density at radius 2 is 1.20 bits per heavy atom. The Labute approximate surface area is 296 Å². The lowest BCUT2D eigenvalue weighted by atomic mass is 10.0. The number of aromatic nitrogens is 3. The van der Waals surface area contributed by atoms with E-state index in [0.717, 1.165) is 47.2 Å². The lowest BCUT2D eigenvalue weighted by Gasteiger charge is -2.29. The van der Waals surface area contributed by atoms with Gasteiger partial charge in [0.05, 0.1) is 18.9 Å². The third-order valence-electron chi connectivity index (χ3n) is 9.70. The van der Waals surface area contributed by atoms with Gasteiger partial charge < -0.3 is 25.5 Å². The maximum absolute atomic E-state index is 13.2. The molecule has 0 bridgehead atoms. The van der Waals surface area contributed by atoms with Crippen molar-refractivity contribution in [2.45, 2.75) is 56.8 Å². The van der Waals surface area contributed by atoms with Gasteiger partial charge in [0.25, 0.3) is 0 Å². The Bertz CT molecular complexity index is 1950. The number of nitrogens with zero attached hydrogens (tertiary/aromatic N) is 4. The lowest BCUT2D eigenvalue weighted by molar-refractivity contribution is -0.136. The molecule has 3 atom stereocenters. The summed E-state index contributed by atoms with van der Waals surface area (Å²) < 4.78 is 0. The molecule has 260 valence electrons. The fourth-order valence-corrected chi connectivity index (χ4v) is 7.07. The highest BCUT2D eigenvalue weighted by Gasteiger charge is 2.35. The number of carbonyl (C=O) groups is 3. The zero-order chi connectivity index (χ0) is 35.2. The summed E-state index contributed by atoms with van der Waals surface area (Å²) >= 11 is 0. The van der Waals surface area contributed by atoms with E-state index in [4.69, 9.17) is 0 Å². The van der Waals surface area contributed by atoms with Crippen molar-refractivity contribution < 1.29 is 19.5 Å². The third-order valence-corrected chi connectivity index (χ3v) is 9.70. The Morgan fingerprint density at radius 1 is 0.686 bits per heavy atom. The minimum atomic E-state index is -0.911. The second kappa shape index (κ2) is 15.4. The van der Waals surface area contributed by atoms with Crippen LogP contribution in [0.25, 0.3) is 22.5 Å². The highest BCUT2D eigenvalue weighted by Crippen LogP contribution is 2.31. The smallest absolute Gasteiger partial charge is 0.247 e. The zero-order valence-electron chi connectivity index (χ0n) is 28.2. The van der Waals surface area contributed by atoms with Crippen molar-refractivity contribution in [3.05, 3.63) is 120 Å². The van der Waals surface area contributed by atoms with Crippen molar-refractivity contribution in [3.8, 4) is 22.5 Å². The summed E-state index contributed by atoms with van der Waals surface area (Å²) in [5.41, 5.74) is 6.21. The first-order chi connectivity index (χ1) is 24.9. The topological polar surface area (TPSA) is 144 Å². The minimum Gasteiger partial charge on any atom is -0.372 e. The van der Waals surface area contributed by atoms with E-state index < -0.39 is 12.3 Å². The molecule has 2 aliphatic heterocycles. The first kappa shape index (κ1) is 33.7. The second-order valence-electron chi connectivity index (χ2n) is 13.1. The molecule has 2 aliphatic rings. The van der Waals surface area contributed by atoms with Crippen LogP contribution in [0.2, 0.25) is 0 Å². The number of rotatable bonds is 11. The summed E-state index contributed by atoms with van der Waals surface area (Å²) in [6, 6.07) is 33.4. The van der Waals surface area contributed by atoms with Crippen molar-refractivity contribution in [1.29, 1.82) is 0 Å². The number of hydrogen-bond donors (Lipinski definition) is 4. The SMILES string of the molecule is O=C(Nc1ccc(-c2n[nH]nc2-c2ccc(NC(O)C3CCCN3C(=O)Cc3ccccc3)cc2)cc1)[C@@H]1CCCN1C(=O)Cc1ccccc1. The molecule has 11 nitrogen and oxygen atoms in total. The summed E-state index contributed by atoms with van der Waals surface area (Å²) in [4.78, 5) is 42.8. The number of likely N-dealkylation sites (tertiary alicyclic amines) is 2. The Kier molecular flexibility index (Phi) is 10.2. The van der Waals surface area contributed by atoms with Gasteiger partial charge in [0.1, 0.15) is 23.7 Å². The molecule has 5 aromatic rings. The molecule has 2 fully saturated rings. The first-order valence-corrected chi connectivity index (χ1v) is 17.5. The molecule has 0 radical (unpaired) electrons. The van der Waals surface area contributed by atoms with Gasteiger partial charge in [0, 0.05) is 35.6 Å². The first-order valence-electron chi connectivity index (χ1n) is 17.5. The summed E-state index contributed by atoms with van der Waals surface area (Å²) in [7, 11) is 0. The van der Waals surface area contributed by atoms with Crippen LogP contribution in [-0.4, -0.2) is 79.4 Å². The average molecular weight is 684 g/mol. The molecule has 4 aromatic carbocycles. The van der Waals surface area contributed by atoms with Crippen LogP contribution < -0.4 is 10.6 Å². The van der Waals surface area contributed by atoms with Crippen LogP contribution in [0.4, 0.5) is 11.4 Å². The van der Waals surface area contributed by atoms with Gasteiger partial charge in [-0.1, -0.05) is 84.9 Å². The van der Waals surface area contributed by atoms with Crippen LogP contribution in [0, 0.1) is 0 Å². The number of aliphatic hydroxyl groups excluding tert-OH is 1. The minimum absolute atomic E-state index is 0.0142. The van der Waals surface area contributed by atoms with Gasteiger partial charge >= 0.3 is 0 Å². The normalized spacial score (nSPS) is 17.7. The van der Waals surface area contributed by atoms with Crippen LogP contribution in [0.1, 0.15) is 36.8 Å². The number of nitrogens with one attached hydrogen (secondary N) is 3. The highest BCUT2D eigenvalue weighted by molar-refractivity contribution is 5.98. The Hall–Kier alpha value is -5.81. The number of carbonyl (C=O) groups excluding carboxylic acids is 3. The average Bonchev–Trinajstić information content (AvgIpc) is 3.95. The van der Waals surface area contributed by atoms with Gasteiger partial charge in [-0.15, -0.1) is 0 Å². The molecule has 2 saturated heterocycles. The monoisotopic (exact) mass is 683 g/mol. The molecule has 0 aliphatic carbocycles. The number of aromatic amines is 1. The van der Waals surface area contributed by atoms with Gasteiger partial charge in [-0.05, 0) is 61.1 Å². The third kappa shape index (κ3) is 7.84. The Morgan fingerprint density at radius 3 is 1.78 bits per heavy atom. The van der Waals surface area contributed by atoms with E-state index in [1.807, 2.05) is 109 Å². The molecule has 2 unspecified atom stereocenters. The molecule has 7 rings (SSSR count). The number of hydrogen-bond acceptors (Lipinski definition) is 7. The number of amides is 3. The largest absolute Gasteiger partial charge is 0.372 e. The molecule has 1 aromatic heterocycles. The van der Waals surface area contributed by atoms with Crippen molar-refractivity contribution in [1.82, 2.24) is 25.2 Å². The zero-order valence-corrected chi connectivity index (χ0v) is 28.2. The van der Waals surface area contributed by atoms with Gasteiger partial charge in [0.15, 0.2) is 0 Å².